The lowest BCUT2D eigenvalue weighted by Crippen LogP contribution is -2.73. The quantitative estimate of drug-likeness (QED) is 0.895. The van der Waals surface area contributed by atoms with E-state index in [9.17, 15) is 9.59 Å². The van der Waals surface area contributed by atoms with Crippen LogP contribution in [-0.2, 0) is 21.7 Å². The maximum absolute atomic E-state index is 13.6. The van der Waals surface area contributed by atoms with Gasteiger partial charge in [0.05, 0.1) is 0 Å². The average molecular weight is 350 g/mol. The van der Waals surface area contributed by atoms with Crippen LogP contribution in [0.1, 0.15) is 44.7 Å². The summed E-state index contributed by atoms with van der Waals surface area (Å²) >= 11 is 0. The highest BCUT2D eigenvalue weighted by molar-refractivity contribution is 6.02. The molecule has 1 aliphatic rings. The second-order valence-corrected chi connectivity index (χ2v) is 7.06. The van der Waals surface area contributed by atoms with E-state index >= 15 is 0 Å². The van der Waals surface area contributed by atoms with E-state index in [1.165, 1.54) is 0 Å². The van der Waals surface area contributed by atoms with Crippen LogP contribution in [0, 0.1) is 0 Å². The molecule has 1 heterocycles. The van der Waals surface area contributed by atoms with Gasteiger partial charge in [-0.25, -0.2) is 0 Å². The van der Waals surface area contributed by atoms with Gasteiger partial charge in [0, 0.05) is 6.54 Å². The minimum absolute atomic E-state index is 0.0164. The lowest BCUT2D eigenvalue weighted by Gasteiger charge is -2.51. The van der Waals surface area contributed by atoms with Gasteiger partial charge in [-0.15, -0.1) is 0 Å². The summed E-state index contributed by atoms with van der Waals surface area (Å²) in [6.45, 7) is 6.15. The van der Waals surface area contributed by atoms with E-state index in [2.05, 4.69) is 5.32 Å². The predicted octanol–water partition coefficient (Wildman–Crippen LogP) is 3.62. The Morgan fingerprint density at radius 3 is 1.96 bits per heavy atom. The van der Waals surface area contributed by atoms with Crippen LogP contribution < -0.4 is 5.32 Å². The van der Waals surface area contributed by atoms with Gasteiger partial charge in [-0.2, -0.15) is 0 Å². The van der Waals surface area contributed by atoms with Crippen molar-refractivity contribution in [2.45, 2.75) is 51.2 Å². The number of piperazine rings is 1. The first-order chi connectivity index (χ1) is 12.5. The summed E-state index contributed by atoms with van der Waals surface area (Å²) < 4.78 is 0. The minimum atomic E-state index is -1.04. The highest BCUT2D eigenvalue weighted by Crippen LogP contribution is 2.38. The summed E-state index contributed by atoms with van der Waals surface area (Å²) in [5, 5.41) is 3.05. The van der Waals surface area contributed by atoms with Gasteiger partial charge in [0.25, 0.3) is 5.91 Å². The van der Waals surface area contributed by atoms with E-state index in [4.69, 9.17) is 0 Å². The fourth-order valence-corrected chi connectivity index (χ4v) is 3.75. The number of nitrogens with one attached hydrogen (secondary N) is 1. The molecule has 26 heavy (non-hydrogen) atoms. The number of carbonyl (C=O) groups is 2. The summed E-state index contributed by atoms with van der Waals surface area (Å²) in [6.07, 6.45) is 1.15. The van der Waals surface area contributed by atoms with Crippen molar-refractivity contribution in [1.29, 1.82) is 0 Å². The molecule has 1 saturated heterocycles. The molecular formula is C22H26N2O2. The van der Waals surface area contributed by atoms with Crippen molar-refractivity contribution in [1.82, 2.24) is 10.2 Å². The van der Waals surface area contributed by atoms with Crippen LogP contribution in [0.3, 0.4) is 0 Å². The molecule has 0 radical (unpaired) electrons. The number of benzene rings is 2. The van der Waals surface area contributed by atoms with Crippen LogP contribution in [0.25, 0.3) is 0 Å². The zero-order chi connectivity index (χ0) is 18.8. The second kappa shape index (κ2) is 6.94. The van der Waals surface area contributed by atoms with Crippen molar-refractivity contribution in [3.8, 4) is 0 Å². The lowest BCUT2D eigenvalue weighted by atomic mass is 9.79. The lowest BCUT2D eigenvalue weighted by molar-refractivity contribution is -0.164. The number of carbonyl (C=O) groups excluding carboxylic acids is 2. The molecule has 2 amide bonds. The Morgan fingerprint density at radius 1 is 0.885 bits per heavy atom. The van der Waals surface area contributed by atoms with E-state index in [0.29, 0.717) is 19.4 Å². The molecule has 0 aliphatic carbocycles. The van der Waals surface area contributed by atoms with Crippen LogP contribution in [0.2, 0.25) is 0 Å². The molecule has 0 spiro atoms. The largest absolute Gasteiger partial charge is 0.339 e. The van der Waals surface area contributed by atoms with Gasteiger partial charge in [-0.3, -0.25) is 9.59 Å². The monoisotopic (exact) mass is 350 g/mol. The summed E-state index contributed by atoms with van der Waals surface area (Å²) in [6, 6.07) is 19.4. The average Bonchev–Trinajstić information content (AvgIpc) is 2.69. The molecule has 0 bridgehead atoms. The van der Waals surface area contributed by atoms with Gasteiger partial charge < -0.3 is 10.2 Å². The third-order valence-electron chi connectivity index (χ3n) is 5.72. The van der Waals surface area contributed by atoms with Crippen molar-refractivity contribution in [2.24, 2.45) is 0 Å². The number of hydrogen-bond donors (Lipinski definition) is 1. The van der Waals surface area contributed by atoms with Crippen LogP contribution in [0.15, 0.2) is 60.7 Å². The maximum Gasteiger partial charge on any atom is 0.251 e. The van der Waals surface area contributed by atoms with Crippen molar-refractivity contribution in [3.05, 3.63) is 71.8 Å². The fourth-order valence-electron chi connectivity index (χ4n) is 3.75. The van der Waals surface area contributed by atoms with Crippen LogP contribution in [0.5, 0.6) is 0 Å². The standard InChI is InChI=1S/C22H26N2O2/c1-4-22(5-2)20(26)24(16-17-12-8-6-9-13-17)21(3,19(25)23-22)18-14-10-7-11-15-18/h6-15H,4-5,16H2,1-3H3,(H,23,25). The van der Waals surface area contributed by atoms with Crippen molar-refractivity contribution in [3.63, 3.8) is 0 Å². The van der Waals surface area contributed by atoms with Gasteiger partial charge in [0.2, 0.25) is 5.91 Å². The van der Waals surface area contributed by atoms with Crippen molar-refractivity contribution in [2.75, 3.05) is 0 Å². The smallest absolute Gasteiger partial charge is 0.251 e. The second-order valence-electron chi connectivity index (χ2n) is 7.06. The van der Waals surface area contributed by atoms with Gasteiger partial charge in [-0.05, 0) is 30.9 Å². The molecule has 0 aromatic heterocycles. The Kier molecular flexibility index (Phi) is 4.86. The SMILES string of the molecule is CCC1(CC)NC(=O)C(C)(c2ccccc2)N(Cc2ccccc2)C1=O. The zero-order valence-corrected chi connectivity index (χ0v) is 15.7. The summed E-state index contributed by atoms with van der Waals surface area (Å²) in [5.74, 6) is -0.139. The summed E-state index contributed by atoms with van der Waals surface area (Å²) in [4.78, 5) is 28.6. The molecule has 136 valence electrons. The molecule has 0 saturated carbocycles. The summed E-state index contributed by atoms with van der Waals surface area (Å²) in [7, 11) is 0. The maximum atomic E-state index is 13.6. The molecule has 1 N–H and O–H groups in total. The number of hydrogen-bond acceptors (Lipinski definition) is 2. The molecule has 4 nitrogen and oxygen atoms in total. The van der Waals surface area contributed by atoms with E-state index in [-0.39, 0.29) is 11.8 Å². The fraction of sp³-hybridized carbons (Fsp3) is 0.364. The van der Waals surface area contributed by atoms with Gasteiger partial charge in [-0.1, -0.05) is 74.5 Å². The van der Waals surface area contributed by atoms with Gasteiger partial charge in [0.15, 0.2) is 0 Å². The van der Waals surface area contributed by atoms with Gasteiger partial charge >= 0.3 is 0 Å². The topological polar surface area (TPSA) is 49.4 Å². The van der Waals surface area contributed by atoms with E-state index in [0.717, 1.165) is 11.1 Å². The Morgan fingerprint density at radius 2 is 1.42 bits per heavy atom. The molecule has 1 aliphatic heterocycles. The van der Waals surface area contributed by atoms with E-state index in [1.807, 2.05) is 81.4 Å². The predicted molar refractivity (Wildman–Crippen MR) is 102 cm³/mol. The first-order valence-electron chi connectivity index (χ1n) is 9.22. The number of amides is 2. The Hall–Kier alpha value is -2.62. The number of nitrogens with zero attached hydrogens (tertiary/aromatic N) is 1. The molecule has 1 unspecified atom stereocenters. The highest BCUT2D eigenvalue weighted by Gasteiger charge is 2.55. The molecule has 1 fully saturated rings. The zero-order valence-electron chi connectivity index (χ0n) is 15.7. The Labute approximate surface area is 155 Å². The molecule has 2 aromatic carbocycles. The minimum Gasteiger partial charge on any atom is -0.339 e. The van der Waals surface area contributed by atoms with E-state index < -0.39 is 11.1 Å². The molecule has 2 aromatic rings. The van der Waals surface area contributed by atoms with Crippen LogP contribution >= 0.6 is 0 Å². The van der Waals surface area contributed by atoms with E-state index in [1.54, 1.807) is 4.90 Å². The third-order valence-corrected chi connectivity index (χ3v) is 5.72. The summed E-state index contributed by atoms with van der Waals surface area (Å²) in [5.41, 5.74) is -0.0382. The van der Waals surface area contributed by atoms with Gasteiger partial charge in [0.1, 0.15) is 11.1 Å². The number of rotatable bonds is 5. The normalized spacial score (nSPS) is 22.2. The molecule has 4 heteroatoms. The Balaban J connectivity index is 2.12. The highest BCUT2D eigenvalue weighted by atomic mass is 16.2. The van der Waals surface area contributed by atoms with Crippen LogP contribution in [-0.4, -0.2) is 22.3 Å². The Bertz CT molecular complexity index is 784. The molecule has 3 rings (SSSR count). The third kappa shape index (κ3) is 2.79. The first kappa shape index (κ1) is 18.2. The molecular weight excluding hydrogens is 324 g/mol. The van der Waals surface area contributed by atoms with Crippen molar-refractivity contribution >= 4 is 11.8 Å². The van der Waals surface area contributed by atoms with Crippen molar-refractivity contribution < 1.29 is 9.59 Å². The first-order valence-corrected chi connectivity index (χ1v) is 9.22. The molecule has 1 atom stereocenters. The van der Waals surface area contributed by atoms with Crippen LogP contribution in [0.4, 0.5) is 0 Å².